The van der Waals surface area contributed by atoms with Gasteiger partial charge < -0.3 is 10.4 Å². The van der Waals surface area contributed by atoms with Crippen LogP contribution in [0.4, 0.5) is 0 Å². The maximum Gasteiger partial charge on any atom is 0.146 e. The van der Waals surface area contributed by atoms with Crippen molar-refractivity contribution in [2.75, 3.05) is 7.05 Å². The molecular formula is C8H17NO2. The van der Waals surface area contributed by atoms with Crippen LogP contribution in [0.5, 0.6) is 0 Å². The third kappa shape index (κ3) is 4.93. The molecule has 1 atom stereocenters. The summed E-state index contributed by atoms with van der Waals surface area (Å²) < 4.78 is 0. The van der Waals surface area contributed by atoms with Crippen LogP contribution in [0.15, 0.2) is 0 Å². The van der Waals surface area contributed by atoms with E-state index in [1.54, 1.807) is 20.9 Å². The predicted octanol–water partition coefficient (Wildman–Crippen LogP) is 0.324. The van der Waals surface area contributed by atoms with E-state index < -0.39 is 5.60 Å². The molecule has 0 spiro atoms. The van der Waals surface area contributed by atoms with E-state index in [1.807, 2.05) is 0 Å². The van der Waals surface area contributed by atoms with Gasteiger partial charge in [0.1, 0.15) is 5.78 Å². The first kappa shape index (κ1) is 10.6. The molecule has 0 amide bonds. The quantitative estimate of drug-likeness (QED) is 0.621. The Balaban J connectivity index is 3.99. The summed E-state index contributed by atoms with van der Waals surface area (Å²) >= 11 is 0. The molecule has 0 saturated heterocycles. The Morgan fingerprint density at radius 2 is 2.09 bits per heavy atom. The molecule has 3 nitrogen and oxygen atoms in total. The first-order valence-corrected chi connectivity index (χ1v) is 3.77. The molecule has 0 aromatic carbocycles. The van der Waals surface area contributed by atoms with Gasteiger partial charge in [-0.2, -0.15) is 0 Å². The van der Waals surface area contributed by atoms with E-state index in [1.165, 1.54) is 6.92 Å². The minimum atomic E-state index is -0.778. The van der Waals surface area contributed by atoms with Crippen molar-refractivity contribution in [2.24, 2.45) is 0 Å². The zero-order valence-electron chi connectivity index (χ0n) is 7.64. The number of rotatable bonds is 4. The van der Waals surface area contributed by atoms with Gasteiger partial charge in [0.15, 0.2) is 0 Å². The largest absolute Gasteiger partial charge is 0.390 e. The summed E-state index contributed by atoms with van der Waals surface area (Å²) in [5, 5.41) is 12.2. The second kappa shape index (κ2) is 3.83. The monoisotopic (exact) mass is 159 g/mol. The zero-order chi connectivity index (χ0) is 9.07. The molecule has 0 aliphatic rings. The molecule has 0 fully saturated rings. The number of Topliss-reactive ketones (excluding diaryl/α,β-unsaturated/α-hetero) is 1. The lowest BCUT2D eigenvalue weighted by Crippen LogP contribution is -2.39. The summed E-state index contributed by atoms with van der Waals surface area (Å²) in [5.74, 6) is 0.0645. The third-order valence-electron chi connectivity index (χ3n) is 1.54. The fraction of sp³-hybridized carbons (Fsp3) is 0.875. The van der Waals surface area contributed by atoms with E-state index in [-0.39, 0.29) is 11.8 Å². The second-order valence-electron chi connectivity index (χ2n) is 3.47. The molecule has 1 unspecified atom stereocenters. The third-order valence-corrected chi connectivity index (χ3v) is 1.54. The summed E-state index contributed by atoms with van der Waals surface area (Å²) in [7, 11) is 1.72. The van der Waals surface area contributed by atoms with Gasteiger partial charge in [-0.3, -0.25) is 4.79 Å². The fourth-order valence-corrected chi connectivity index (χ4v) is 0.949. The van der Waals surface area contributed by atoms with Gasteiger partial charge in [-0.15, -0.1) is 0 Å². The van der Waals surface area contributed by atoms with Crippen molar-refractivity contribution < 1.29 is 9.90 Å². The lowest BCUT2D eigenvalue weighted by atomic mass is 9.97. The number of nitrogens with one attached hydrogen (secondary N) is 1. The highest BCUT2D eigenvalue weighted by molar-refractivity contribution is 5.81. The van der Waals surface area contributed by atoms with Crippen LogP contribution in [0.3, 0.4) is 0 Å². The van der Waals surface area contributed by atoms with Gasteiger partial charge in [-0.1, -0.05) is 0 Å². The molecule has 11 heavy (non-hydrogen) atoms. The molecule has 66 valence electrons. The lowest BCUT2D eigenvalue weighted by molar-refractivity contribution is -0.120. The van der Waals surface area contributed by atoms with E-state index in [4.69, 9.17) is 0 Å². The van der Waals surface area contributed by atoms with E-state index in [9.17, 15) is 9.90 Å². The highest BCUT2D eigenvalue weighted by Gasteiger charge is 2.21. The van der Waals surface area contributed by atoms with Crippen molar-refractivity contribution in [3.8, 4) is 0 Å². The van der Waals surface area contributed by atoms with Gasteiger partial charge in [-0.25, -0.2) is 0 Å². The minimum Gasteiger partial charge on any atom is -0.390 e. The van der Waals surface area contributed by atoms with Crippen molar-refractivity contribution >= 4 is 5.78 Å². The summed E-state index contributed by atoms with van der Waals surface area (Å²) in [6, 6.07) is -0.227. The normalized spacial score (nSPS) is 14.6. The van der Waals surface area contributed by atoms with Crippen LogP contribution in [0, 0.1) is 0 Å². The van der Waals surface area contributed by atoms with Gasteiger partial charge in [-0.05, 0) is 34.2 Å². The van der Waals surface area contributed by atoms with E-state index in [0.717, 1.165) is 0 Å². The van der Waals surface area contributed by atoms with Crippen molar-refractivity contribution in [3.63, 3.8) is 0 Å². The Kier molecular flexibility index (Phi) is 3.69. The van der Waals surface area contributed by atoms with E-state index in [0.29, 0.717) is 6.42 Å². The van der Waals surface area contributed by atoms with Crippen LogP contribution in [0.1, 0.15) is 27.2 Å². The van der Waals surface area contributed by atoms with Crippen molar-refractivity contribution in [3.05, 3.63) is 0 Å². The predicted molar refractivity (Wildman–Crippen MR) is 44.4 cm³/mol. The molecule has 0 aromatic heterocycles. The molecule has 0 bridgehead atoms. The Hall–Kier alpha value is -0.410. The number of hydrogen-bond donors (Lipinski definition) is 2. The summed E-state index contributed by atoms with van der Waals surface area (Å²) in [6.45, 7) is 4.91. The van der Waals surface area contributed by atoms with Crippen LogP contribution in [-0.2, 0) is 4.79 Å². The number of hydrogen-bond acceptors (Lipinski definition) is 3. The van der Waals surface area contributed by atoms with Crippen LogP contribution < -0.4 is 5.32 Å². The number of aliphatic hydroxyl groups is 1. The number of ketones is 1. The molecule has 0 saturated carbocycles. The maximum absolute atomic E-state index is 10.9. The van der Waals surface area contributed by atoms with Gasteiger partial charge in [0.25, 0.3) is 0 Å². The van der Waals surface area contributed by atoms with Crippen LogP contribution in [-0.4, -0.2) is 29.6 Å². The average Bonchev–Trinajstić information content (AvgIpc) is 1.80. The summed E-state index contributed by atoms with van der Waals surface area (Å²) in [6.07, 6.45) is 0.457. The topological polar surface area (TPSA) is 49.3 Å². The average molecular weight is 159 g/mol. The Bertz CT molecular complexity index is 138. The molecule has 0 rings (SSSR count). The van der Waals surface area contributed by atoms with Crippen molar-refractivity contribution in [1.29, 1.82) is 0 Å². The summed E-state index contributed by atoms with van der Waals surface area (Å²) in [5.41, 5.74) is -0.778. The molecule has 3 heteroatoms. The van der Waals surface area contributed by atoms with Crippen molar-refractivity contribution in [2.45, 2.75) is 38.8 Å². The van der Waals surface area contributed by atoms with Gasteiger partial charge in [0.05, 0.1) is 11.6 Å². The maximum atomic E-state index is 10.9. The van der Waals surface area contributed by atoms with E-state index in [2.05, 4.69) is 5.32 Å². The highest BCUT2D eigenvalue weighted by atomic mass is 16.3. The first-order valence-electron chi connectivity index (χ1n) is 3.77. The molecule has 0 radical (unpaired) electrons. The highest BCUT2D eigenvalue weighted by Crippen LogP contribution is 2.10. The number of carbonyl (C=O) groups excluding carboxylic acids is 1. The second-order valence-corrected chi connectivity index (χ2v) is 3.47. The van der Waals surface area contributed by atoms with E-state index >= 15 is 0 Å². The lowest BCUT2D eigenvalue weighted by Gasteiger charge is -2.22. The molecule has 0 aromatic rings. The van der Waals surface area contributed by atoms with Gasteiger partial charge in [0, 0.05) is 0 Å². The SMILES string of the molecule is CNC(CC(C)(C)O)C(C)=O. The molecule has 0 aliphatic carbocycles. The van der Waals surface area contributed by atoms with Crippen LogP contribution in [0.25, 0.3) is 0 Å². The van der Waals surface area contributed by atoms with Crippen LogP contribution in [0.2, 0.25) is 0 Å². The number of likely N-dealkylation sites (N-methyl/N-ethyl adjacent to an activating group) is 1. The molecule has 0 heterocycles. The minimum absolute atomic E-state index is 0.0645. The number of carbonyl (C=O) groups is 1. The molecule has 2 N–H and O–H groups in total. The molecule has 0 aliphatic heterocycles. The smallest absolute Gasteiger partial charge is 0.146 e. The van der Waals surface area contributed by atoms with Crippen LogP contribution >= 0.6 is 0 Å². The Morgan fingerprint density at radius 3 is 2.18 bits per heavy atom. The standard InChI is InChI=1S/C8H17NO2/c1-6(10)7(9-4)5-8(2,3)11/h7,9,11H,5H2,1-4H3. The fourth-order valence-electron chi connectivity index (χ4n) is 0.949. The zero-order valence-corrected chi connectivity index (χ0v) is 7.64. The Labute approximate surface area is 67.8 Å². The Morgan fingerprint density at radius 1 is 1.64 bits per heavy atom. The van der Waals surface area contributed by atoms with Crippen molar-refractivity contribution in [1.82, 2.24) is 5.32 Å². The first-order chi connectivity index (χ1) is 4.87. The summed E-state index contributed by atoms with van der Waals surface area (Å²) in [4.78, 5) is 10.9. The molecular weight excluding hydrogens is 142 g/mol. The van der Waals surface area contributed by atoms with Gasteiger partial charge >= 0.3 is 0 Å². The van der Waals surface area contributed by atoms with Gasteiger partial charge in [0.2, 0.25) is 0 Å².